The van der Waals surface area contributed by atoms with E-state index in [1.54, 1.807) is 6.92 Å². The van der Waals surface area contributed by atoms with E-state index < -0.39 is 24.0 Å². The van der Waals surface area contributed by atoms with Gasteiger partial charge in [-0.3, -0.25) is 4.79 Å². The molecule has 0 radical (unpaired) electrons. The molecular weight excluding hydrogens is 426 g/mol. The van der Waals surface area contributed by atoms with E-state index in [0.29, 0.717) is 17.9 Å². The van der Waals surface area contributed by atoms with Crippen LogP contribution in [0.15, 0.2) is 34.9 Å². The van der Waals surface area contributed by atoms with Crippen LogP contribution in [0.25, 0.3) is 0 Å². The van der Waals surface area contributed by atoms with Crippen LogP contribution in [0, 0.1) is 5.92 Å². The smallest absolute Gasteiger partial charge is 0.327 e. The highest BCUT2D eigenvalue weighted by Crippen LogP contribution is 2.13. The fourth-order valence-electron chi connectivity index (χ4n) is 2.76. The van der Waals surface area contributed by atoms with E-state index in [4.69, 9.17) is 5.73 Å². The highest BCUT2D eigenvalue weighted by molar-refractivity contribution is 7.99. The van der Waals surface area contributed by atoms with Crippen molar-refractivity contribution >= 4 is 29.7 Å². The van der Waals surface area contributed by atoms with Crippen LogP contribution in [0.1, 0.15) is 66.7 Å². The van der Waals surface area contributed by atoms with Crippen molar-refractivity contribution in [1.82, 2.24) is 10.6 Å². The molecule has 1 unspecified atom stereocenters. The number of rotatable bonds is 16. The zero-order chi connectivity index (χ0) is 24.5. The Morgan fingerprint density at radius 1 is 1.00 bits per heavy atom. The zero-order valence-corrected chi connectivity index (χ0v) is 21.0. The fourth-order valence-corrected chi connectivity index (χ4v) is 3.76. The molecule has 182 valence electrons. The molecule has 0 aliphatic carbocycles. The summed E-state index contributed by atoms with van der Waals surface area (Å²) >= 11 is 1.48. The van der Waals surface area contributed by atoms with E-state index in [0.717, 1.165) is 25.7 Å². The number of aliphatic carboxylic acids is 1. The van der Waals surface area contributed by atoms with Crippen LogP contribution in [0.3, 0.4) is 0 Å². The Bertz CT molecular complexity index is 697. The van der Waals surface area contributed by atoms with Gasteiger partial charge in [0.2, 0.25) is 5.91 Å². The lowest BCUT2D eigenvalue weighted by molar-refractivity contribution is -0.141. The van der Waals surface area contributed by atoms with Crippen molar-refractivity contribution in [2.24, 2.45) is 11.7 Å². The number of nitrogens with one attached hydrogen (secondary N) is 2. The van der Waals surface area contributed by atoms with Gasteiger partial charge in [0.05, 0.1) is 0 Å². The van der Waals surface area contributed by atoms with Gasteiger partial charge in [0.1, 0.15) is 6.04 Å². The number of nitrogens with two attached hydrogens (primary N) is 1. The van der Waals surface area contributed by atoms with Gasteiger partial charge in [0.15, 0.2) is 0 Å². The predicted octanol–water partition coefficient (Wildman–Crippen LogP) is 4.40. The molecule has 7 nitrogen and oxygen atoms in total. The Morgan fingerprint density at radius 2 is 1.59 bits per heavy atom. The van der Waals surface area contributed by atoms with Gasteiger partial charge < -0.3 is 21.5 Å². The van der Waals surface area contributed by atoms with Gasteiger partial charge >= 0.3 is 12.0 Å². The molecular formula is C24H41N3O4S. The Kier molecular flexibility index (Phi) is 16.1. The van der Waals surface area contributed by atoms with E-state index in [9.17, 15) is 19.5 Å². The molecule has 0 aliphatic rings. The summed E-state index contributed by atoms with van der Waals surface area (Å²) in [4.78, 5) is 34.4. The van der Waals surface area contributed by atoms with E-state index in [2.05, 4.69) is 56.6 Å². The highest BCUT2D eigenvalue weighted by Gasteiger charge is 2.22. The van der Waals surface area contributed by atoms with Gasteiger partial charge in [-0.1, -0.05) is 41.9 Å². The summed E-state index contributed by atoms with van der Waals surface area (Å²) < 4.78 is 0. The highest BCUT2D eigenvalue weighted by atomic mass is 32.2. The first-order valence-corrected chi connectivity index (χ1v) is 12.3. The molecule has 0 aromatic rings. The minimum absolute atomic E-state index is 0.269. The lowest BCUT2D eigenvalue weighted by atomic mass is 10.1. The van der Waals surface area contributed by atoms with Gasteiger partial charge in [-0.2, -0.15) is 11.8 Å². The van der Waals surface area contributed by atoms with Crippen molar-refractivity contribution in [2.75, 3.05) is 18.1 Å². The van der Waals surface area contributed by atoms with Crippen molar-refractivity contribution in [3.8, 4) is 0 Å². The number of allylic oxidation sites excluding steroid dienone is 5. The average molecular weight is 468 g/mol. The number of carboxylic acids is 1. The minimum atomic E-state index is -1.05. The van der Waals surface area contributed by atoms with Crippen molar-refractivity contribution < 1.29 is 19.5 Å². The molecule has 0 saturated heterocycles. The van der Waals surface area contributed by atoms with Crippen molar-refractivity contribution in [1.29, 1.82) is 0 Å². The Labute approximate surface area is 197 Å². The molecule has 0 saturated carbocycles. The first-order chi connectivity index (χ1) is 15.0. The molecule has 0 aromatic carbocycles. The van der Waals surface area contributed by atoms with Gasteiger partial charge in [-0.15, -0.1) is 0 Å². The first kappa shape index (κ1) is 29.8. The molecule has 0 fully saturated rings. The average Bonchev–Trinajstić information content (AvgIpc) is 2.69. The van der Waals surface area contributed by atoms with E-state index in [1.807, 2.05) is 0 Å². The summed E-state index contributed by atoms with van der Waals surface area (Å²) in [7, 11) is 0. The standard InChI is InChI=1S/C24H41N3O4S/c1-17(2)8-6-9-18(3)10-7-11-19(4)13-15-32-16-21(23(29)30)27-22(28)20(5)12-14-26-24(25)31/h8,10,13,20-21H,6-7,9,11-12,14-16H2,1-5H3,(H,27,28)(H,29,30)(H3,25,26,31)/b18-10+,19-13+/t20?,21-/m0/s1. The molecule has 32 heavy (non-hydrogen) atoms. The maximum Gasteiger partial charge on any atom is 0.327 e. The van der Waals surface area contributed by atoms with E-state index >= 15 is 0 Å². The van der Waals surface area contributed by atoms with E-state index in [-0.39, 0.29) is 12.5 Å². The fraction of sp³-hybridized carbons (Fsp3) is 0.625. The Balaban J connectivity index is 4.31. The number of hydrogen-bond acceptors (Lipinski definition) is 4. The van der Waals surface area contributed by atoms with Crippen molar-refractivity contribution in [3.63, 3.8) is 0 Å². The SMILES string of the molecule is CC(C)=CCC/C(C)=C/CC/C(C)=C/CSC[C@H](NC(=O)C(C)CCNC(N)=O)C(=O)O. The van der Waals surface area contributed by atoms with Crippen LogP contribution in [-0.4, -0.2) is 47.1 Å². The van der Waals surface area contributed by atoms with Gasteiger partial charge in [0.25, 0.3) is 0 Å². The second-order valence-corrected chi connectivity index (χ2v) is 9.45. The topological polar surface area (TPSA) is 122 Å². The molecule has 0 aromatic heterocycles. The molecule has 0 aliphatic heterocycles. The number of carboxylic acid groups (broad SMARTS) is 1. The monoisotopic (exact) mass is 467 g/mol. The Morgan fingerprint density at radius 3 is 2.16 bits per heavy atom. The van der Waals surface area contributed by atoms with Crippen LogP contribution in [0.4, 0.5) is 4.79 Å². The van der Waals surface area contributed by atoms with Crippen molar-refractivity contribution in [3.05, 3.63) is 34.9 Å². The lowest BCUT2D eigenvalue weighted by Gasteiger charge is -2.17. The number of thioether (sulfide) groups is 1. The van der Waals surface area contributed by atoms with Crippen molar-refractivity contribution in [2.45, 2.75) is 72.8 Å². The second-order valence-electron chi connectivity index (χ2n) is 8.38. The lowest BCUT2D eigenvalue weighted by Crippen LogP contribution is -2.45. The Hall–Kier alpha value is -2.22. The summed E-state index contributed by atoms with van der Waals surface area (Å²) in [5.41, 5.74) is 9.03. The van der Waals surface area contributed by atoms with Crippen LogP contribution in [-0.2, 0) is 9.59 Å². The number of hydrogen-bond donors (Lipinski definition) is 4. The summed E-state index contributed by atoms with van der Waals surface area (Å²) in [6, 6.07) is -1.59. The van der Waals surface area contributed by atoms with Crippen LogP contribution in [0.5, 0.6) is 0 Å². The summed E-state index contributed by atoms with van der Waals surface area (Å²) in [5.74, 6) is -0.826. The number of carbonyl (C=O) groups excluding carboxylic acids is 2. The third-order valence-corrected chi connectivity index (χ3v) is 5.87. The molecule has 0 heterocycles. The third-order valence-electron chi connectivity index (χ3n) is 4.90. The minimum Gasteiger partial charge on any atom is -0.480 e. The molecule has 2 atom stereocenters. The largest absolute Gasteiger partial charge is 0.480 e. The van der Waals surface area contributed by atoms with Crippen LogP contribution in [0.2, 0.25) is 0 Å². The van der Waals surface area contributed by atoms with E-state index in [1.165, 1.54) is 28.5 Å². The maximum absolute atomic E-state index is 12.2. The molecule has 0 spiro atoms. The van der Waals surface area contributed by atoms with Gasteiger partial charge in [-0.25, -0.2) is 9.59 Å². The van der Waals surface area contributed by atoms with Gasteiger partial charge in [0, 0.05) is 24.0 Å². The number of amides is 3. The molecule has 8 heteroatoms. The molecule has 3 amide bonds. The zero-order valence-electron chi connectivity index (χ0n) is 20.2. The number of carbonyl (C=O) groups is 3. The summed E-state index contributed by atoms with van der Waals surface area (Å²) in [6.07, 6.45) is 11.2. The quantitative estimate of drug-likeness (QED) is 0.198. The van der Waals surface area contributed by atoms with Crippen LogP contribution >= 0.6 is 11.8 Å². The number of urea groups is 1. The second kappa shape index (κ2) is 17.3. The summed E-state index contributed by atoms with van der Waals surface area (Å²) in [6.45, 7) is 10.4. The molecule has 5 N–H and O–H groups in total. The molecule has 0 bridgehead atoms. The van der Waals surface area contributed by atoms with Gasteiger partial charge in [-0.05, 0) is 59.8 Å². The maximum atomic E-state index is 12.2. The predicted molar refractivity (Wildman–Crippen MR) is 134 cm³/mol. The third kappa shape index (κ3) is 16.5. The normalized spacial score (nSPS) is 13.8. The first-order valence-electron chi connectivity index (χ1n) is 11.1. The van der Waals surface area contributed by atoms with Crippen LogP contribution < -0.4 is 16.4 Å². The number of primary amides is 1. The molecule has 0 rings (SSSR count). The summed E-state index contributed by atoms with van der Waals surface area (Å²) in [5, 5.41) is 14.4.